The molecule has 3 nitrogen and oxygen atoms in total. The number of aryl methyl sites for hydroxylation is 1. The van der Waals surface area contributed by atoms with Crippen molar-refractivity contribution in [1.82, 2.24) is 0 Å². The Hall–Kier alpha value is -0.610. The van der Waals surface area contributed by atoms with Crippen LogP contribution in [0.3, 0.4) is 0 Å². The highest BCUT2D eigenvalue weighted by Crippen LogP contribution is 2.42. The molecule has 2 atom stereocenters. The lowest BCUT2D eigenvalue weighted by Crippen LogP contribution is -2.45. The molecule has 21 heavy (non-hydrogen) atoms. The molecule has 0 bridgehead atoms. The van der Waals surface area contributed by atoms with Crippen LogP contribution < -0.4 is 0 Å². The Morgan fingerprint density at radius 3 is 2.76 bits per heavy atom. The van der Waals surface area contributed by atoms with Crippen LogP contribution in [0.15, 0.2) is 18.2 Å². The lowest BCUT2D eigenvalue weighted by atomic mass is 9.77. The summed E-state index contributed by atoms with van der Waals surface area (Å²) < 4.78 is 11.5. The fourth-order valence-electron chi connectivity index (χ4n) is 3.55. The Kier molecular flexibility index (Phi) is 4.55. The molecule has 0 amide bonds. The number of aliphatic hydroxyl groups excluding tert-OH is 1. The average Bonchev–Trinajstić information content (AvgIpc) is 2.50. The minimum absolute atomic E-state index is 0.0797. The topological polar surface area (TPSA) is 38.7 Å². The highest BCUT2D eigenvalue weighted by Gasteiger charge is 2.41. The van der Waals surface area contributed by atoms with Crippen molar-refractivity contribution in [2.45, 2.75) is 44.3 Å². The van der Waals surface area contributed by atoms with E-state index in [2.05, 4.69) is 0 Å². The lowest BCUT2D eigenvalue weighted by Gasteiger charge is -2.44. The molecular weight excluding hydrogens is 288 g/mol. The Balaban J connectivity index is 1.74. The van der Waals surface area contributed by atoms with E-state index in [9.17, 15) is 5.11 Å². The monoisotopic (exact) mass is 310 g/mol. The summed E-state index contributed by atoms with van der Waals surface area (Å²) in [6.07, 6.45) is 3.26. The second kappa shape index (κ2) is 6.25. The first-order valence-corrected chi connectivity index (χ1v) is 8.13. The van der Waals surface area contributed by atoms with Crippen LogP contribution in [0.2, 0.25) is 5.02 Å². The zero-order valence-electron chi connectivity index (χ0n) is 12.5. The summed E-state index contributed by atoms with van der Waals surface area (Å²) in [5, 5.41) is 11.5. The van der Waals surface area contributed by atoms with Gasteiger partial charge < -0.3 is 14.6 Å². The lowest BCUT2D eigenvalue weighted by molar-refractivity contribution is -0.159. The van der Waals surface area contributed by atoms with Crippen molar-refractivity contribution < 1.29 is 14.6 Å². The van der Waals surface area contributed by atoms with Gasteiger partial charge in [0, 0.05) is 24.8 Å². The van der Waals surface area contributed by atoms with E-state index in [4.69, 9.17) is 21.1 Å². The summed E-state index contributed by atoms with van der Waals surface area (Å²) in [4.78, 5) is 0. The zero-order valence-corrected chi connectivity index (χ0v) is 13.2. The van der Waals surface area contributed by atoms with Crippen LogP contribution in [-0.4, -0.2) is 30.5 Å². The van der Waals surface area contributed by atoms with Crippen molar-refractivity contribution in [3.05, 3.63) is 34.3 Å². The van der Waals surface area contributed by atoms with Crippen LogP contribution in [-0.2, 0) is 9.47 Å². The summed E-state index contributed by atoms with van der Waals surface area (Å²) in [6, 6.07) is 5.81. The SMILES string of the molecule is Cc1cc(C(O)C2CCOC3(CCOCC3)C2)ccc1Cl. The zero-order chi connectivity index (χ0) is 14.9. The summed E-state index contributed by atoms with van der Waals surface area (Å²) in [5.74, 6) is 0.248. The van der Waals surface area contributed by atoms with Gasteiger partial charge in [-0.25, -0.2) is 0 Å². The number of ether oxygens (including phenoxy) is 2. The third-order valence-electron chi connectivity index (χ3n) is 4.91. The minimum atomic E-state index is -0.440. The Bertz CT molecular complexity index is 491. The number of halogens is 1. The summed E-state index contributed by atoms with van der Waals surface area (Å²) in [7, 11) is 0. The van der Waals surface area contributed by atoms with Crippen LogP contribution in [0.25, 0.3) is 0 Å². The van der Waals surface area contributed by atoms with Crippen LogP contribution in [0.1, 0.15) is 42.9 Å². The molecule has 1 aromatic rings. The summed E-state index contributed by atoms with van der Waals surface area (Å²) in [6.45, 7) is 4.24. The van der Waals surface area contributed by atoms with Gasteiger partial charge in [0.2, 0.25) is 0 Å². The standard InChI is InChI=1S/C17H23ClO3/c1-12-10-13(2-3-15(12)18)16(19)14-4-7-21-17(11-14)5-8-20-9-6-17/h2-3,10,14,16,19H,4-9,11H2,1H3. The maximum Gasteiger partial charge on any atom is 0.0820 e. The third-order valence-corrected chi connectivity index (χ3v) is 5.33. The molecule has 0 aliphatic carbocycles. The molecule has 2 heterocycles. The molecule has 4 heteroatoms. The number of rotatable bonds is 2. The molecule has 3 rings (SSSR count). The molecule has 0 radical (unpaired) electrons. The van der Waals surface area contributed by atoms with E-state index in [1.165, 1.54) is 0 Å². The van der Waals surface area contributed by atoms with E-state index in [-0.39, 0.29) is 11.5 Å². The van der Waals surface area contributed by atoms with Gasteiger partial charge in [-0.2, -0.15) is 0 Å². The van der Waals surface area contributed by atoms with Crippen molar-refractivity contribution >= 4 is 11.6 Å². The van der Waals surface area contributed by atoms with Crippen molar-refractivity contribution in [2.24, 2.45) is 5.92 Å². The van der Waals surface area contributed by atoms with Crippen molar-refractivity contribution in [3.8, 4) is 0 Å². The van der Waals surface area contributed by atoms with Crippen molar-refractivity contribution in [3.63, 3.8) is 0 Å². The van der Waals surface area contributed by atoms with Gasteiger partial charge in [-0.1, -0.05) is 23.7 Å². The first-order chi connectivity index (χ1) is 10.1. The molecule has 2 unspecified atom stereocenters. The Labute approximate surface area is 131 Å². The van der Waals surface area contributed by atoms with E-state index in [0.29, 0.717) is 0 Å². The first kappa shape index (κ1) is 15.3. The van der Waals surface area contributed by atoms with Crippen LogP contribution in [0, 0.1) is 12.8 Å². The minimum Gasteiger partial charge on any atom is -0.388 e. The maximum atomic E-state index is 10.7. The highest BCUT2D eigenvalue weighted by molar-refractivity contribution is 6.31. The van der Waals surface area contributed by atoms with Gasteiger partial charge >= 0.3 is 0 Å². The second-order valence-electron chi connectivity index (χ2n) is 6.35. The van der Waals surface area contributed by atoms with E-state index in [1.807, 2.05) is 25.1 Å². The van der Waals surface area contributed by atoms with E-state index in [1.54, 1.807) is 0 Å². The molecule has 2 aliphatic rings. The smallest absolute Gasteiger partial charge is 0.0820 e. The van der Waals surface area contributed by atoms with Gasteiger partial charge in [0.1, 0.15) is 0 Å². The van der Waals surface area contributed by atoms with Crippen molar-refractivity contribution in [2.75, 3.05) is 19.8 Å². The van der Waals surface area contributed by atoms with Crippen LogP contribution in [0.4, 0.5) is 0 Å². The number of benzene rings is 1. The molecule has 1 spiro atoms. The van der Waals surface area contributed by atoms with Gasteiger partial charge in [0.05, 0.1) is 11.7 Å². The van der Waals surface area contributed by atoms with Gasteiger partial charge in [-0.3, -0.25) is 0 Å². The number of hydrogen-bond donors (Lipinski definition) is 1. The fourth-order valence-corrected chi connectivity index (χ4v) is 3.67. The molecule has 2 fully saturated rings. The fraction of sp³-hybridized carbons (Fsp3) is 0.647. The molecule has 116 valence electrons. The highest BCUT2D eigenvalue weighted by atomic mass is 35.5. The maximum absolute atomic E-state index is 10.7. The Morgan fingerprint density at radius 1 is 1.29 bits per heavy atom. The molecule has 1 N–H and O–H groups in total. The van der Waals surface area contributed by atoms with Gasteiger partial charge in [-0.15, -0.1) is 0 Å². The Morgan fingerprint density at radius 2 is 2.05 bits per heavy atom. The number of aliphatic hydroxyl groups is 1. The average molecular weight is 311 g/mol. The van der Waals surface area contributed by atoms with Gasteiger partial charge in [-0.05, 0) is 55.7 Å². The predicted molar refractivity (Wildman–Crippen MR) is 82.6 cm³/mol. The third kappa shape index (κ3) is 3.26. The van der Waals surface area contributed by atoms with Crippen molar-refractivity contribution in [1.29, 1.82) is 0 Å². The first-order valence-electron chi connectivity index (χ1n) is 7.75. The molecule has 0 aromatic heterocycles. The predicted octanol–water partition coefficient (Wildman–Crippen LogP) is 3.66. The quantitative estimate of drug-likeness (QED) is 0.906. The van der Waals surface area contributed by atoms with Crippen LogP contribution >= 0.6 is 11.6 Å². The molecule has 0 saturated carbocycles. The van der Waals surface area contributed by atoms with E-state index < -0.39 is 6.10 Å². The van der Waals surface area contributed by atoms with E-state index >= 15 is 0 Å². The van der Waals surface area contributed by atoms with Gasteiger partial charge in [0.25, 0.3) is 0 Å². The molecule has 1 aromatic carbocycles. The summed E-state index contributed by atoms with van der Waals surface area (Å²) in [5.41, 5.74) is 1.90. The molecule has 2 aliphatic heterocycles. The normalized spacial score (nSPS) is 26.7. The largest absolute Gasteiger partial charge is 0.388 e. The van der Waals surface area contributed by atoms with Gasteiger partial charge in [0.15, 0.2) is 0 Å². The van der Waals surface area contributed by atoms with Crippen LogP contribution in [0.5, 0.6) is 0 Å². The molecular formula is C17H23ClO3. The molecule has 2 saturated heterocycles. The second-order valence-corrected chi connectivity index (χ2v) is 6.76. The number of hydrogen-bond acceptors (Lipinski definition) is 3. The van der Waals surface area contributed by atoms with E-state index in [0.717, 1.165) is 61.7 Å². The summed E-state index contributed by atoms with van der Waals surface area (Å²) >= 11 is 6.07.